The summed E-state index contributed by atoms with van der Waals surface area (Å²) in [7, 11) is 0. The Labute approximate surface area is 81.2 Å². The van der Waals surface area contributed by atoms with Crippen LogP contribution >= 0.6 is 23.0 Å². The molecule has 0 aliphatic rings. The smallest absolute Gasteiger partial charge is 0.155 e. The Morgan fingerprint density at radius 3 is 2.82 bits per heavy atom. The van der Waals surface area contributed by atoms with Crippen LogP contribution in [-0.2, 0) is 8.10 Å². The monoisotopic (exact) mass is 266 g/mol. The van der Waals surface area contributed by atoms with Crippen molar-refractivity contribution in [2.24, 2.45) is 0 Å². The summed E-state index contributed by atoms with van der Waals surface area (Å²) in [4.78, 5) is 4.64. The maximum Gasteiger partial charge on any atom is 0.155 e. The third-order valence-electron chi connectivity index (χ3n) is 0.924. The van der Waals surface area contributed by atoms with Crippen molar-refractivity contribution in [3.05, 3.63) is 36.5 Å². The Balaban J connectivity index is 3.51. The summed E-state index contributed by atoms with van der Waals surface area (Å²) in [5.74, 6) is 0. The van der Waals surface area contributed by atoms with Crippen LogP contribution in [-0.4, -0.2) is 6.61 Å². The molecule has 0 unspecified atom stereocenters. The van der Waals surface area contributed by atoms with E-state index in [2.05, 4.69) is 14.7 Å². The van der Waals surface area contributed by atoms with Gasteiger partial charge in [-0.25, -0.2) is 4.89 Å². The molecule has 0 atom stereocenters. The number of allylic oxidation sites excluding steroid dienone is 3. The van der Waals surface area contributed by atoms with Crippen molar-refractivity contribution in [1.82, 2.24) is 0 Å². The number of halogens is 1. The molecule has 3 heteroatoms. The van der Waals surface area contributed by atoms with Gasteiger partial charge in [0.1, 0.15) is 6.61 Å². The van der Waals surface area contributed by atoms with Gasteiger partial charge in [0.05, 0.1) is 0 Å². The van der Waals surface area contributed by atoms with E-state index in [1.807, 2.05) is 31.2 Å². The first-order valence-corrected chi connectivity index (χ1v) is 4.06. The van der Waals surface area contributed by atoms with Gasteiger partial charge in [0.25, 0.3) is 0 Å². The van der Waals surface area contributed by atoms with Gasteiger partial charge >= 0.3 is 0 Å². The zero-order valence-corrected chi connectivity index (χ0v) is 8.58. The lowest BCUT2D eigenvalue weighted by Crippen LogP contribution is -1.89. The highest BCUT2D eigenvalue weighted by molar-refractivity contribution is 14.1. The first kappa shape index (κ1) is 10.9. The van der Waals surface area contributed by atoms with E-state index in [0.29, 0.717) is 6.61 Å². The molecule has 0 bridgehead atoms. The molecule has 0 aromatic heterocycles. The van der Waals surface area contributed by atoms with Crippen LogP contribution in [0.15, 0.2) is 36.5 Å². The minimum Gasteiger partial charge on any atom is -0.222 e. The SMILES string of the molecule is C=C(/C=C\C=C/C)COOI. The topological polar surface area (TPSA) is 18.5 Å². The van der Waals surface area contributed by atoms with Crippen molar-refractivity contribution in [2.45, 2.75) is 6.92 Å². The zero-order chi connectivity index (χ0) is 8.53. The van der Waals surface area contributed by atoms with Gasteiger partial charge < -0.3 is 0 Å². The standard InChI is InChI=1S/C8H11IO2/c1-3-4-5-6-8(2)7-10-11-9/h3-6H,2,7H2,1H3/b4-3-,6-5-. The van der Waals surface area contributed by atoms with Gasteiger partial charge in [-0.1, -0.05) is 30.9 Å². The van der Waals surface area contributed by atoms with E-state index in [4.69, 9.17) is 0 Å². The molecule has 2 nitrogen and oxygen atoms in total. The van der Waals surface area contributed by atoms with Crippen LogP contribution in [0.1, 0.15) is 6.92 Å². The Morgan fingerprint density at radius 1 is 1.55 bits per heavy atom. The fourth-order valence-electron chi connectivity index (χ4n) is 0.449. The van der Waals surface area contributed by atoms with E-state index in [0.717, 1.165) is 5.57 Å². The fourth-order valence-corrected chi connectivity index (χ4v) is 0.576. The van der Waals surface area contributed by atoms with Gasteiger partial charge in [-0.2, -0.15) is 3.22 Å². The molecule has 0 saturated heterocycles. The summed E-state index contributed by atoms with van der Waals surface area (Å²) < 4.78 is 4.38. The molecule has 0 rings (SSSR count). The lowest BCUT2D eigenvalue weighted by atomic mass is 10.3. The molecule has 0 aliphatic heterocycles. The maximum atomic E-state index is 4.64. The molecule has 11 heavy (non-hydrogen) atoms. The normalized spacial score (nSPS) is 11.5. The third-order valence-corrected chi connectivity index (χ3v) is 1.18. The molecule has 0 N–H and O–H groups in total. The van der Waals surface area contributed by atoms with E-state index >= 15 is 0 Å². The van der Waals surface area contributed by atoms with Crippen LogP contribution in [0.2, 0.25) is 0 Å². The third kappa shape index (κ3) is 7.77. The van der Waals surface area contributed by atoms with Crippen LogP contribution in [0.25, 0.3) is 0 Å². The minimum atomic E-state index is 0.400. The molecular formula is C8H11IO2. The Bertz CT molecular complexity index is 161. The molecule has 0 radical (unpaired) electrons. The predicted octanol–water partition coefficient (Wildman–Crippen LogP) is 2.97. The van der Waals surface area contributed by atoms with E-state index in [1.165, 1.54) is 0 Å². The van der Waals surface area contributed by atoms with E-state index < -0.39 is 0 Å². The Kier molecular flexibility index (Phi) is 7.88. The van der Waals surface area contributed by atoms with Crippen LogP contribution in [0.4, 0.5) is 0 Å². The summed E-state index contributed by atoms with van der Waals surface area (Å²) in [6.07, 6.45) is 7.64. The second kappa shape index (κ2) is 7.97. The van der Waals surface area contributed by atoms with Gasteiger partial charge in [0.15, 0.2) is 23.0 Å². The van der Waals surface area contributed by atoms with Gasteiger partial charge in [-0.3, -0.25) is 0 Å². The van der Waals surface area contributed by atoms with Crippen LogP contribution < -0.4 is 0 Å². The maximum absolute atomic E-state index is 4.64. The Hall–Kier alpha value is -0.130. The quantitative estimate of drug-likeness (QED) is 0.329. The van der Waals surface area contributed by atoms with E-state index in [-0.39, 0.29) is 0 Å². The van der Waals surface area contributed by atoms with Crippen molar-refractivity contribution in [2.75, 3.05) is 6.61 Å². The fraction of sp³-hybridized carbons (Fsp3) is 0.250. The summed E-state index contributed by atoms with van der Waals surface area (Å²) in [6.45, 7) is 6.09. The van der Waals surface area contributed by atoms with Crippen molar-refractivity contribution >= 4 is 23.0 Å². The lowest BCUT2D eigenvalue weighted by Gasteiger charge is -1.95. The molecule has 0 amide bonds. The predicted molar refractivity (Wildman–Crippen MR) is 54.2 cm³/mol. The molecule has 62 valence electrons. The molecule has 0 saturated carbocycles. The van der Waals surface area contributed by atoms with Crippen molar-refractivity contribution in [3.8, 4) is 0 Å². The molecule has 0 heterocycles. The van der Waals surface area contributed by atoms with Gasteiger partial charge in [-0.15, -0.1) is 0 Å². The largest absolute Gasteiger partial charge is 0.222 e. The van der Waals surface area contributed by atoms with E-state index in [1.54, 1.807) is 23.0 Å². The average Bonchev–Trinajstić information content (AvgIpc) is 2.01. The summed E-state index contributed by atoms with van der Waals surface area (Å²) in [5.41, 5.74) is 0.875. The second-order valence-electron chi connectivity index (χ2n) is 1.87. The zero-order valence-electron chi connectivity index (χ0n) is 6.42. The molecule has 0 fully saturated rings. The Morgan fingerprint density at radius 2 is 2.27 bits per heavy atom. The van der Waals surface area contributed by atoms with Crippen LogP contribution in [0.5, 0.6) is 0 Å². The minimum absolute atomic E-state index is 0.400. The summed E-state index contributed by atoms with van der Waals surface area (Å²) in [6, 6.07) is 0. The second-order valence-corrected chi connectivity index (χ2v) is 2.23. The average molecular weight is 266 g/mol. The lowest BCUT2D eigenvalue weighted by molar-refractivity contribution is -0.154. The number of rotatable bonds is 5. The van der Waals surface area contributed by atoms with E-state index in [9.17, 15) is 0 Å². The summed E-state index contributed by atoms with van der Waals surface area (Å²) in [5, 5.41) is 0. The van der Waals surface area contributed by atoms with Crippen LogP contribution in [0, 0.1) is 0 Å². The van der Waals surface area contributed by atoms with Crippen molar-refractivity contribution in [3.63, 3.8) is 0 Å². The highest BCUT2D eigenvalue weighted by atomic mass is 127. The highest BCUT2D eigenvalue weighted by Gasteiger charge is 1.86. The van der Waals surface area contributed by atoms with Gasteiger partial charge in [0, 0.05) is 0 Å². The molecule has 0 aliphatic carbocycles. The number of hydrogen-bond acceptors (Lipinski definition) is 2. The first-order chi connectivity index (χ1) is 5.31. The molecular weight excluding hydrogens is 255 g/mol. The van der Waals surface area contributed by atoms with Gasteiger partial charge in [0.2, 0.25) is 0 Å². The van der Waals surface area contributed by atoms with Crippen molar-refractivity contribution < 1.29 is 8.10 Å². The van der Waals surface area contributed by atoms with Crippen molar-refractivity contribution in [1.29, 1.82) is 0 Å². The first-order valence-electron chi connectivity index (χ1n) is 3.18. The summed E-state index contributed by atoms with van der Waals surface area (Å²) >= 11 is 1.66. The van der Waals surface area contributed by atoms with Crippen LogP contribution in [0.3, 0.4) is 0 Å². The molecule has 0 aromatic rings. The highest BCUT2D eigenvalue weighted by Crippen LogP contribution is 1.97. The number of hydrogen-bond donors (Lipinski definition) is 0. The van der Waals surface area contributed by atoms with Gasteiger partial charge in [-0.05, 0) is 12.5 Å². The molecule has 0 aromatic carbocycles. The molecule has 0 spiro atoms.